The van der Waals surface area contributed by atoms with E-state index < -0.39 is 10.0 Å². The van der Waals surface area contributed by atoms with Crippen molar-refractivity contribution in [2.75, 3.05) is 24.5 Å². The molecular weight excluding hydrogens is 262 g/mol. The van der Waals surface area contributed by atoms with Crippen molar-refractivity contribution in [3.63, 3.8) is 0 Å². The van der Waals surface area contributed by atoms with E-state index in [0.29, 0.717) is 11.4 Å². The van der Waals surface area contributed by atoms with Gasteiger partial charge in [0.2, 0.25) is 10.0 Å². The SMILES string of the molecule is CCN(CCN)c1ccc(S(=O)(=O)NC2CC2)cc1. The first kappa shape index (κ1) is 14.3. The molecule has 19 heavy (non-hydrogen) atoms. The minimum Gasteiger partial charge on any atom is -0.371 e. The lowest BCUT2D eigenvalue weighted by Crippen LogP contribution is -2.29. The van der Waals surface area contributed by atoms with Crippen LogP contribution in [0.25, 0.3) is 0 Å². The summed E-state index contributed by atoms with van der Waals surface area (Å²) in [5.41, 5.74) is 6.55. The summed E-state index contributed by atoms with van der Waals surface area (Å²) in [6.45, 7) is 4.25. The summed E-state index contributed by atoms with van der Waals surface area (Å²) in [7, 11) is -3.35. The molecule has 0 radical (unpaired) electrons. The van der Waals surface area contributed by atoms with Crippen molar-refractivity contribution in [3.8, 4) is 0 Å². The average molecular weight is 283 g/mol. The molecule has 1 aromatic carbocycles. The van der Waals surface area contributed by atoms with Gasteiger partial charge in [-0.15, -0.1) is 0 Å². The highest BCUT2D eigenvalue weighted by Crippen LogP contribution is 2.23. The summed E-state index contributed by atoms with van der Waals surface area (Å²) in [5.74, 6) is 0. The first-order valence-electron chi connectivity index (χ1n) is 6.64. The van der Waals surface area contributed by atoms with Gasteiger partial charge in [0.25, 0.3) is 0 Å². The monoisotopic (exact) mass is 283 g/mol. The number of benzene rings is 1. The molecule has 1 aromatic rings. The zero-order valence-corrected chi connectivity index (χ0v) is 12.0. The summed E-state index contributed by atoms with van der Waals surface area (Å²) in [6, 6.07) is 7.11. The van der Waals surface area contributed by atoms with Crippen LogP contribution in [0.1, 0.15) is 19.8 Å². The Hall–Kier alpha value is -1.11. The largest absolute Gasteiger partial charge is 0.371 e. The minimum absolute atomic E-state index is 0.133. The third-order valence-corrected chi connectivity index (χ3v) is 4.73. The van der Waals surface area contributed by atoms with Crippen LogP contribution in [0.2, 0.25) is 0 Å². The summed E-state index contributed by atoms with van der Waals surface area (Å²) >= 11 is 0. The van der Waals surface area contributed by atoms with Crippen molar-refractivity contribution < 1.29 is 8.42 Å². The Kier molecular flexibility index (Phi) is 4.44. The standard InChI is InChI=1S/C13H21N3O2S/c1-2-16(10-9-14)12-5-7-13(8-6-12)19(17,18)15-11-3-4-11/h5-8,11,15H,2-4,9-10,14H2,1H3. The van der Waals surface area contributed by atoms with Gasteiger partial charge in [0.15, 0.2) is 0 Å². The van der Waals surface area contributed by atoms with Crippen LogP contribution in [0, 0.1) is 0 Å². The van der Waals surface area contributed by atoms with Crippen LogP contribution in [0.15, 0.2) is 29.2 Å². The van der Waals surface area contributed by atoms with Crippen LogP contribution < -0.4 is 15.4 Å². The summed E-state index contributed by atoms with van der Waals surface area (Å²) in [6.07, 6.45) is 1.88. The van der Waals surface area contributed by atoms with E-state index in [9.17, 15) is 8.42 Å². The van der Waals surface area contributed by atoms with E-state index in [-0.39, 0.29) is 6.04 Å². The first-order chi connectivity index (χ1) is 9.06. The van der Waals surface area contributed by atoms with Crippen LogP contribution in [0.5, 0.6) is 0 Å². The van der Waals surface area contributed by atoms with E-state index in [4.69, 9.17) is 5.73 Å². The Morgan fingerprint density at radius 3 is 2.42 bits per heavy atom. The average Bonchev–Trinajstić information content (AvgIpc) is 3.19. The van der Waals surface area contributed by atoms with E-state index >= 15 is 0 Å². The molecule has 0 aromatic heterocycles. The van der Waals surface area contributed by atoms with Crippen LogP contribution in [0.4, 0.5) is 5.69 Å². The Labute approximate surface area is 114 Å². The van der Waals surface area contributed by atoms with Gasteiger partial charge in [-0.2, -0.15) is 0 Å². The van der Waals surface area contributed by atoms with Gasteiger partial charge in [-0.25, -0.2) is 13.1 Å². The van der Waals surface area contributed by atoms with Crippen molar-refractivity contribution in [2.45, 2.75) is 30.7 Å². The Morgan fingerprint density at radius 2 is 1.95 bits per heavy atom. The van der Waals surface area contributed by atoms with Crippen molar-refractivity contribution >= 4 is 15.7 Å². The molecule has 106 valence electrons. The molecule has 0 bridgehead atoms. The summed E-state index contributed by atoms with van der Waals surface area (Å²) in [4.78, 5) is 2.44. The number of sulfonamides is 1. The molecule has 0 saturated heterocycles. The second-order valence-corrected chi connectivity index (χ2v) is 6.47. The van der Waals surface area contributed by atoms with Crippen molar-refractivity contribution in [3.05, 3.63) is 24.3 Å². The minimum atomic E-state index is -3.35. The maximum absolute atomic E-state index is 12.0. The zero-order valence-electron chi connectivity index (χ0n) is 11.2. The van der Waals surface area contributed by atoms with E-state index in [1.54, 1.807) is 12.1 Å². The molecule has 1 saturated carbocycles. The number of nitrogens with two attached hydrogens (primary N) is 1. The van der Waals surface area contributed by atoms with Gasteiger partial charge in [-0.05, 0) is 44.0 Å². The number of anilines is 1. The molecule has 0 amide bonds. The fourth-order valence-corrected chi connectivity index (χ4v) is 3.26. The van der Waals surface area contributed by atoms with Crippen LogP contribution >= 0.6 is 0 Å². The first-order valence-corrected chi connectivity index (χ1v) is 8.12. The van der Waals surface area contributed by atoms with Crippen LogP contribution in [-0.2, 0) is 10.0 Å². The van der Waals surface area contributed by atoms with Crippen molar-refractivity contribution in [1.29, 1.82) is 0 Å². The molecule has 2 rings (SSSR count). The Balaban J connectivity index is 2.12. The fourth-order valence-electron chi connectivity index (χ4n) is 1.95. The zero-order chi connectivity index (χ0) is 13.9. The maximum Gasteiger partial charge on any atom is 0.240 e. The van der Waals surface area contributed by atoms with Gasteiger partial charge in [0, 0.05) is 31.4 Å². The lowest BCUT2D eigenvalue weighted by molar-refractivity contribution is 0.581. The summed E-state index contributed by atoms with van der Waals surface area (Å²) in [5, 5.41) is 0. The highest BCUT2D eigenvalue weighted by Gasteiger charge is 2.27. The van der Waals surface area contributed by atoms with E-state index in [0.717, 1.165) is 31.6 Å². The quantitative estimate of drug-likeness (QED) is 0.780. The van der Waals surface area contributed by atoms with Gasteiger partial charge in [-0.1, -0.05) is 0 Å². The molecule has 0 atom stereocenters. The normalized spacial score (nSPS) is 15.5. The van der Waals surface area contributed by atoms with Gasteiger partial charge in [-0.3, -0.25) is 0 Å². The molecule has 0 unspecified atom stereocenters. The van der Waals surface area contributed by atoms with Crippen LogP contribution in [-0.4, -0.2) is 34.1 Å². The van der Waals surface area contributed by atoms with Crippen LogP contribution in [0.3, 0.4) is 0 Å². The van der Waals surface area contributed by atoms with Gasteiger partial charge < -0.3 is 10.6 Å². The predicted octanol–water partition coefficient (Wildman–Crippen LogP) is 0.912. The Bertz CT molecular complexity index is 509. The third-order valence-electron chi connectivity index (χ3n) is 3.19. The predicted molar refractivity (Wildman–Crippen MR) is 76.7 cm³/mol. The fraction of sp³-hybridized carbons (Fsp3) is 0.538. The molecule has 3 N–H and O–H groups in total. The van der Waals surface area contributed by atoms with E-state index in [1.165, 1.54) is 0 Å². The number of hydrogen-bond donors (Lipinski definition) is 2. The number of nitrogens with zero attached hydrogens (tertiary/aromatic N) is 1. The Morgan fingerprint density at radius 1 is 1.32 bits per heavy atom. The molecule has 1 fully saturated rings. The molecule has 0 spiro atoms. The van der Waals surface area contributed by atoms with Gasteiger partial charge in [0.05, 0.1) is 4.90 Å². The lowest BCUT2D eigenvalue weighted by atomic mass is 10.3. The topological polar surface area (TPSA) is 75.4 Å². The van der Waals surface area contributed by atoms with E-state index in [2.05, 4.69) is 16.5 Å². The molecule has 1 aliphatic rings. The molecule has 0 aliphatic heterocycles. The second kappa shape index (κ2) is 5.90. The maximum atomic E-state index is 12.0. The van der Waals surface area contributed by atoms with Crippen molar-refractivity contribution in [2.24, 2.45) is 5.73 Å². The van der Waals surface area contributed by atoms with Gasteiger partial charge >= 0.3 is 0 Å². The number of hydrogen-bond acceptors (Lipinski definition) is 4. The number of likely N-dealkylation sites (N-methyl/N-ethyl adjacent to an activating group) is 1. The highest BCUT2D eigenvalue weighted by molar-refractivity contribution is 7.89. The molecule has 0 heterocycles. The molecule has 6 heteroatoms. The summed E-state index contributed by atoms with van der Waals surface area (Å²) < 4.78 is 26.7. The number of nitrogens with one attached hydrogen (secondary N) is 1. The smallest absolute Gasteiger partial charge is 0.240 e. The molecule has 1 aliphatic carbocycles. The second-order valence-electron chi connectivity index (χ2n) is 4.76. The number of rotatable bonds is 7. The van der Waals surface area contributed by atoms with E-state index in [1.807, 2.05) is 12.1 Å². The molecule has 5 nitrogen and oxygen atoms in total. The third kappa shape index (κ3) is 3.68. The van der Waals surface area contributed by atoms with Gasteiger partial charge in [0.1, 0.15) is 0 Å². The highest BCUT2D eigenvalue weighted by atomic mass is 32.2. The van der Waals surface area contributed by atoms with Crippen molar-refractivity contribution in [1.82, 2.24) is 4.72 Å². The molecular formula is C13H21N3O2S. The lowest BCUT2D eigenvalue weighted by Gasteiger charge is -2.22.